The monoisotopic (exact) mass is 452 g/mol. The number of aliphatic hydroxyl groups is 1. The summed E-state index contributed by atoms with van der Waals surface area (Å²) in [6.07, 6.45) is 5.49. The zero-order valence-electron chi connectivity index (χ0n) is 17.0. The Bertz CT molecular complexity index is 1090. The molecule has 1 aliphatic rings. The maximum absolute atomic E-state index is 13.3. The predicted molar refractivity (Wildman–Crippen MR) is 120 cm³/mol. The number of aromatic nitrogens is 3. The highest BCUT2D eigenvalue weighted by Crippen LogP contribution is 2.38. The average Bonchev–Trinajstić information content (AvgIpc) is 3.20. The van der Waals surface area contributed by atoms with Gasteiger partial charge in [0, 0.05) is 37.0 Å². The zero-order valence-corrected chi connectivity index (χ0v) is 17.8. The molecule has 1 aliphatic heterocycles. The molecular formula is C22H21FN6O2S. The highest BCUT2D eigenvalue weighted by Gasteiger charge is 2.49. The quantitative estimate of drug-likeness (QED) is 0.502. The number of nitrogens with zero attached hydrogens (tertiary/aromatic N) is 4. The summed E-state index contributed by atoms with van der Waals surface area (Å²) in [5, 5.41) is 16.3. The van der Waals surface area contributed by atoms with Gasteiger partial charge in [0.2, 0.25) is 5.95 Å². The van der Waals surface area contributed by atoms with Crippen LogP contribution in [0, 0.1) is 11.7 Å². The van der Waals surface area contributed by atoms with E-state index in [0.717, 1.165) is 18.0 Å². The molecule has 0 radical (unpaired) electrons. The smallest absolute Gasteiger partial charge is 0.257 e. The number of pyridine rings is 1. The number of nitrogens with one attached hydrogen (secondary N) is 2. The molecule has 0 saturated carbocycles. The molecule has 3 N–H and O–H groups in total. The van der Waals surface area contributed by atoms with Gasteiger partial charge in [-0.2, -0.15) is 0 Å². The van der Waals surface area contributed by atoms with Crippen molar-refractivity contribution in [1.29, 1.82) is 0 Å². The minimum Gasteiger partial charge on any atom is -0.396 e. The van der Waals surface area contributed by atoms with Crippen LogP contribution in [0.25, 0.3) is 0 Å². The first-order chi connectivity index (χ1) is 15.5. The van der Waals surface area contributed by atoms with E-state index in [4.69, 9.17) is 12.2 Å². The summed E-state index contributed by atoms with van der Waals surface area (Å²) in [7, 11) is 0. The van der Waals surface area contributed by atoms with Gasteiger partial charge in [-0.15, -0.1) is 0 Å². The van der Waals surface area contributed by atoms with Crippen LogP contribution < -0.4 is 15.5 Å². The number of hydrogen-bond donors (Lipinski definition) is 3. The van der Waals surface area contributed by atoms with Crippen molar-refractivity contribution < 1.29 is 14.3 Å². The Balaban J connectivity index is 1.63. The molecule has 8 nitrogen and oxygen atoms in total. The highest BCUT2D eigenvalue weighted by atomic mass is 32.1. The normalized spacial score (nSPS) is 20.1. The SMILES string of the molecule is O=C(NC(=S)NC1(c2ccncc2)CN(c2ncc(F)cn2)CC1CO)c1ccccc1. The minimum atomic E-state index is -0.865. The lowest BCUT2D eigenvalue weighted by Gasteiger charge is -2.36. The molecule has 1 fully saturated rings. The Hall–Kier alpha value is -3.50. The van der Waals surface area contributed by atoms with Crippen molar-refractivity contribution in [2.24, 2.45) is 5.92 Å². The molecule has 2 unspecified atom stereocenters. The third-order valence-electron chi connectivity index (χ3n) is 5.48. The fourth-order valence-electron chi connectivity index (χ4n) is 3.94. The number of benzene rings is 1. The minimum absolute atomic E-state index is 0.121. The average molecular weight is 453 g/mol. The van der Waals surface area contributed by atoms with Crippen molar-refractivity contribution in [3.05, 3.63) is 84.2 Å². The van der Waals surface area contributed by atoms with E-state index in [1.807, 2.05) is 23.1 Å². The van der Waals surface area contributed by atoms with Gasteiger partial charge in [0.05, 0.1) is 24.5 Å². The summed E-state index contributed by atoms with van der Waals surface area (Å²) in [5.74, 6) is -0.868. The topological polar surface area (TPSA) is 103 Å². The largest absolute Gasteiger partial charge is 0.396 e. The van der Waals surface area contributed by atoms with E-state index in [1.54, 1.807) is 36.7 Å². The maximum atomic E-state index is 13.3. The second-order valence-corrected chi connectivity index (χ2v) is 7.85. The van der Waals surface area contributed by atoms with Gasteiger partial charge in [-0.1, -0.05) is 18.2 Å². The van der Waals surface area contributed by atoms with Crippen molar-refractivity contribution in [3.63, 3.8) is 0 Å². The van der Waals surface area contributed by atoms with Crippen LogP contribution in [-0.2, 0) is 5.54 Å². The molecule has 0 spiro atoms. The van der Waals surface area contributed by atoms with Gasteiger partial charge in [0.15, 0.2) is 10.9 Å². The first kappa shape index (κ1) is 21.7. The van der Waals surface area contributed by atoms with E-state index < -0.39 is 11.4 Å². The third-order valence-corrected chi connectivity index (χ3v) is 5.69. The van der Waals surface area contributed by atoms with Crippen molar-refractivity contribution in [2.75, 3.05) is 24.6 Å². The van der Waals surface area contributed by atoms with Crippen LogP contribution >= 0.6 is 12.2 Å². The van der Waals surface area contributed by atoms with Gasteiger partial charge < -0.3 is 15.3 Å². The second-order valence-electron chi connectivity index (χ2n) is 7.44. The van der Waals surface area contributed by atoms with Crippen LogP contribution in [0.5, 0.6) is 0 Å². The molecule has 2 atom stereocenters. The first-order valence-electron chi connectivity index (χ1n) is 9.94. The number of thiocarbonyl (C=S) groups is 1. The van der Waals surface area contributed by atoms with Crippen molar-refractivity contribution in [2.45, 2.75) is 5.54 Å². The summed E-state index contributed by atoms with van der Waals surface area (Å²) in [4.78, 5) is 26.6. The van der Waals surface area contributed by atoms with Gasteiger partial charge in [-0.3, -0.25) is 15.1 Å². The maximum Gasteiger partial charge on any atom is 0.257 e. The Morgan fingerprint density at radius 1 is 1.19 bits per heavy atom. The third kappa shape index (κ3) is 4.41. The molecular weight excluding hydrogens is 431 g/mol. The van der Waals surface area contributed by atoms with E-state index >= 15 is 0 Å². The lowest BCUT2D eigenvalue weighted by molar-refractivity contribution is 0.0975. The molecule has 4 rings (SSSR count). The Morgan fingerprint density at radius 3 is 2.53 bits per heavy atom. The van der Waals surface area contributed by atoms with Crippen molar-refractivity contribution >= 4 is 29.2 Å². The van der Waals surface area contributed by atoms with E-state index in [-0.39, 0.29) is 23.5 Å². The van der Waals surface area contributed by atoms with Crippen molar-refractivity contribution in [3.8, 4) is 0 Å². The number of hydrogen-bond acceptors (Lipinski definition) is 7. The number of carbonyl (C=O) groups is 1. The Kier molecular flexibility index (Phi) is 6.33. The summed E-state index contributed by atoms with van der Waals surface area (Å²) in [5.41, 5.74) is 0.435. The number of rotatable bonds is 5. The molecule has 10 heteroatoms. The van der Waals surface area contributed by atoms with Crippen LogP contribution in [-0.4, -0.2) is 50.8 Å². The van der Waals surface area contributed by atoms with Crippen LogP contribution in [0.1, 0.15) is 15.9 Å². The number of aliphatic hydroxyl groups excluding tert-OH is 1. The van der Waals surface area contributed by atoms with E-state index in [2.05, 4.69) is 25.6 Å². The second kappa shape index (κ2) is 9.33. The lowest BCUT2D eigenvalue weighted by Crippen LogP contribution is -2.56. The molecule has 2 aromatic heterocycles. The number of amides is 1. The predicted octanol–water partition coefficient (Wildman–Crippen LogP) is 1.64. The van der Waals surface area contributed by atoms with Crippen LogP contribution in [0.2, 0.25) is 0 Å². The molecule has 3 aromatic rings. The van der Waals surface area contributed by atoms with Gasteiger partial charge in [-0.25, -0.2) is 14.4 Å². The summed E-state index contributed by atoms with van der Waals surface area (Å²) in [6.45, 7) is 0.560. The van der Waals surface area contributed by atoms with Crippen molar-refractivity contribution in [1.82, 2.24) is 25.6 Å². The van der Waals surface area contributed by atoms with Crippen LogP contribution in [0.3, 0.4) is 0 Å². The summed E-state index contributed by atoms with van der Waals surface area (Å²) in [6, 6.07) is 12.4. The zero-order chi connectivity index (χ0) is 22.6. The molecule has 1 saturated heterocycles. The van der Waals surface area contributed by atoms with Gasteiger partial charge in [0.25, 0.3) is 5.91 Å². The van der Waals surface area contributed by atoms with Gasteiger partial charge in [0.1, 0.15) is 0 Å². The fraction of sp³-hybridized carbons (Fsp3) is 0.227. The van der Waals surface area contributed by atoms with E-state index in [9.17, 15) is 14.3 Å². The number of anilines is 1. The number of halogens is 1. The van der Waals surface area contributed by atoms with Gasteiger partial charge >= 0.3 is 0 Å². The summed E-state index contributed by atoms with van der Waals surface area (Å²) >= 11 is 5.47. The molecule has 1 amide bonds. The molecule has 32 heavy (non-hydrogen) atoms. The Morgan fingerprint density at radius 2 is 1.88 bits per heavy atom. The number of carbonyl (C=O) groups excluding carboxylic acids is 1. The van der Waals surface area contributed by atoms with Crippen LogP contribution in [0.15, 0.2) is 67.3 Å². The lowest BCUT2D eigenvalue weighted by atomic mass is 9.81. The highest BCUT2D eigenvalue weighted by molar-refractivity contribution is 7.80. The van der Waals surface area contributed by atoms with E-state index in [0.29, 0.717) is 24.6 Å². The standard InChI is InChI=1S/C22H21FN6O2S/c23-18-10-25-20(26-11-18)29-12-17(13-30)22(14-29,16-6-8-24-9-7-16)28-21(32)27-19(31)15-4-2-1-3-5-15/h1-11,17,30H,12-14H2,(H2,27,28,31,32). The summed E-state index contributed by atoms with van der Waals surface area (Å²) < 4.78 is 13.3. The molecule has 164 valence electrons. The van der Waals surface area contributed by atoms with Gasteiger partial charge in [-0.05, 0) is 42.0 Å². The van der Waals surface area contributed by atoms with E-state index in [1.165, 1.54) is 0 Å². The fourth-order valence-corrected chi connectivity index (χ4v) is 4.21. The molecule has 0 aliphatic carbocycles. The molecule has 3 heterocycles. The molecule has 1 aromatic carbocycles. The Labute approximate surface area is 189 Å². The molecule has 0 bridgehead atoms. The van der Waals surface area contributed by atoms with Crippen LogP contribution in [0.4, 0.5) is 10.3 Å². The first-order valence-corrected chi connectivity index (χ1v) is 10.3.